The van der Waals surface area contributed by atoms with E-state index in [0.717, 1.165) is 12.8 Å². The summed E-state index contributed by atoms with van der Waals surface area (Å²) in [4.78, 5) is 10.6. The van der Waals surface area contributed by atoms with Crippen LogP contribution in [0.1, 0.15) is 33.1 Å². The highest BCUT2D eigenvalue weighted by molar-refractivity contribution is 5.76. The van der Waals surface area contributed by atoms with Crippen LogP contribution in [-0.4, -0.2) is 12.1 Å². The summed E-state index contributed by atoms with van der Waals surface area (Å²) >= 11 is 0. The monoisotopic (exact) mass is 142 g/mol. The summed E-state index contributed by atoms with van der Waals surface area (Å²) in [5.74, 6) is -0.0349. The first-order chi connectivity index (χ1) is 4.81. The summed E-state index contributed by atoms with van der Waals surface area (Å²) in [6.07, 6.45) is 4.19. The van der Waals surface area contributed by atoms with Crippen molar-refractivity contribution in [1.82, 2.24) is 5.43 Å². The molecule has 1 amide bonds. The molecule has 0 atom stereocenters. The fourth-order valence-electron chi connectivity index (χ4n) is 0.390. The zero-order valence-electron chi connectivity index (χ0n) is 6.55. The highest BCUT2D eigenvalue weighted by Gasteiger charge is 1.89. The van der Waals surface area contributed by atoms with E-state index >= 15 is 0 Å². The molecule has 3 nitrogen and oxygen atoms in total. The van der Waals surface area contributed by atoms with Gasteiger partial charge in [0.05, 0.1) is 0 Å². The molecule has 10 heavy (non-hydrogen) atoms. The van der Waals surface area contributed by atoms with Crippen LogP contribution in [0.5, 0.6) is 0 Å². The number of carbonyl (C=O) groups is 1. The van der Waals surface area contributed by atoms with E-state index in [-0.39, 0.29) is 5.91 Å². The van der Waals surface area contributed by atoms with Crippen LogP contribution in [0.25, 0.3) is 0 Å². The molecule has 0 fully saturated rings. The van der Waals surface area contributed by atoms with E-state index in [1.807, 2.05) is 0 Å². The van der Waals surface area contributed by atoms with Crippen LogP contribution in [0, 0.1) is 0 Å². The molecule has 1 N–H and O–H groups in total. The van der Waals surface area contributed by atoms with Gasteiger partial charge >= 0.3 is 0 Å². The number of nitrogens with one attached hydrogen (secondary N) is 1. The normalized spacial score (nSPS) is 10.2. The third kappa shape index (κ3) is 5.28. The van der Waals surface area contributed by atoms with Crippen LogP contribution in [0.4, 0.5) is 0 Å². The van der Waals surface area contributed by atoms with Gasteiger partial charge in [-0.25, -0.2) is 5.43 Å². The lowest BCUT2D eigenvalue weighted by Gasteiger charge is -1.92. The van der Waals surface area contributed by atoms with Crippen LogP contribution in [0.2, 0.25) is 0 Å². The van der Waals surface area contributed by atoms with Crippen molar-refractivity contribution < 1.29 is 4.79 Å². The van der Waals surface area contributed by atoms with Gasteiger partial charge in [-0.15, -0.1) is 0 Å². The quantitative estimate of drug-likeness (QED) is 0.466. The Morgan fingerprint density at radius 3 is 2.80 bits per heavy atom. The van der Waals surface area contributed by atoms with Crippen molar-refractivity contribution in [2.24, 2.45) is 5.10 Å². The summed E-state index contributed by atoms with van der Waals surface area (Å²) in [5, 5.41) is 3.71. The van der Waals surface area contributed by atoms with Crippen molar-refractivity contribution in [2.75, 3.05) is 0 Å². The first-order valence-electron chi connectivity index (χ1n) is 3.61. The van der Waals surface area contributed by atoms with Crippen molar-refractivity contribution in [3.05, 3.63) is 0 Å². The summed E-state index contributed by atoms with van der Waals surface area (Å²) < 4.78 is 0. The molecule has 0 unspecified atom stereocenters. The second-order valence-corrected chi connectivity index (χ2v) is 1.99. The SMILES string of the molecule is CCC/C=N/NC(=O)CC. The zero-order chi connectivity index (χ0) is 7.82. The molecule has 0 aliphatic carbocycles. The van der Waals surface area contributed by atoms with Gasteiger partial charge in [0.2, 0.25) is 5.91 Å². The van der Waals surface area contributed by atoms with E-state index in [1.165, 1.54) is 0 Å². The van der Waals surface area contributed by atoms with Gasteiger partial charge in [0.25, 0.3) is 0 Å². The Hall–Kier alpha value is -0.860. The number of hydrazone groups is 1. The van der Waals surface area contributed by atoms with Gasteiger partial charge in [-0.05, 0) is 6.42 Å². The summed E-state index contributed by atoms with van der Waals surface area (Å²) in [7, 11) is 0. The van der Waals surface area contributed by atoms with Crippen LogP contribution < -0.4 is 5.43 Å². The Morgan fingerprint density at radius 1 is 1.60 bits per heavy atom. The van der Waals surface area contributed by atoms with E-state index in [4.69, 9.17) is 0 Å². The van der Waals surface area contributed by atoms with Crippen LogP contribution in [-0.2, 0) is 4.79 Å². The van der Waals surface area contributed by atoms with Crippen molar-refractivity contribution >= 4 is 12.1 Å². The molecule has 3 heteroatoms. The topological polar surface area (TPSA) is 41.5 Å². The number of unbranched alkanes of at least 4 members (excludes halogenated alkanes) is 1. The van der Waals surface area contributed by atoms with Gasteiger partial charge in [-0.3, -0.25) is 4.79 Å². The molecule has 0 saturated heterocycles. The minimum Gasteiger partial charge on any atom is -0.273 e. The Kier molecular flexibility index (Phi) is 5.72. The van der Waals surface area contributed by atoms with Crippen molar-refractivity contribution in [3.63, 3.8) is 0 Å². The molecule has 0 radical (unpaired) electrons. The second kappa shape index (κ2) is 6.26. The van der Waals surface area contributed by atoms with E-state index in [0.29, 0.717) is 6.42 Å². The predicted molar refractivity (Wildman–Crippen MR) is 41.8 cm³/mol. The Balaban J connectivity index is 3.25. The lowest BCUT2D eigenvalue weighted by molar-refractivity contribution is -0.120. The lowest BCUT2D eigenvalue weighted by atomic mass is 10.4. The molecule has 0 spiro atoms. The Morgan fingerprint density at radius 2 is 2.30 bits per heavy atom. The molecule has 0 aromatic heterocycles. The van der Waals surface area contributed by atoms with Crippen molar-refractivity contribution in [3.8, 4) is 0 Å². The molecule has 0 aliphatic heterocycles. The zero-order valence-corrected chi connectivity index (χ0v) is 6.55. The summed E-state index contributed by atoms with van der Waals surface area (Å²) in [6.45, 7) is 3.86. The third-order valence-electron chi connectivity index (χ3n) is 1.02. The van der Waals surface area contributed by atoms with Crippen molar-refractivity contribution in [2.45, 2.75) is 33.1 Å². The maximum absolute atomic E-state index is 10.6. The maximum Gasteiger partial charge on any atom is 0.239 e. The molecule has 0 aromatic rings. The molecule has 0 saturated carbocycles. The fraction of sp³-hybridized carbons (Fsp3) is 0.714. The van der Waals surface area contributed by atoms with E-state index in [1.54, 1.807) is 13.1 Å². The molecule has 0 aromatic carbocycles. The average molecular weight is 142 g/mol. The molecule has 0 bridgehead atoms. The number of hydrogen-bond donors (Lipinski definition) is 1. The van der Waals surface area contributed by atoms with Crippen LogP contribution >= 0.6 is 0 Å². The van der Waals surface area contributed by atoms with E-state index in [9.17, 15) is 4.79 Å². The summed E-state index contributed by atoms with van der Waals surface area (Å²) in [5.41, 5.74) is 2.40. The fourth-order valence-corrected chi connectivity index (χ4v) is 0.390. The standard InChI is InChI=1S/C7H14N2O/c1-3-5-6-8-9-7(10)4-2/h6H,3-5H2,1-2H3,(H,9,10)/b8-6+. The molecular weight excluding hydrogens is 128 g/mol. The highest BCUT2D eigenvalue weighted by Crippen LogP contribution is 1.79. The Bertz CT molecular complexity index is 121. The van der Waals surface area contributed by atoms with Crippen LogP contribution in [0.3, 0.4) is 0 Å². The first kappa shape index (κ1) is 9.14. The third-order valence-corrected chi connectivity index (χ3v) is 1.02. The number of hydrogen-bond acceptors (Lipinski definition) is 2. The minimum absolute atomic E-state index is 0.0349. The molecule has 0 aliphatic rings. The van der Waals surface area contributed by atoms with Gasteiger partial charge in [0.15, 0.2) is 0 Å². The van der Waals surface area contributed by atoms with Crippen molar-refractivity contribution in [1.29, 1.82) is 0 Å². The predicted octanol–water partition coefficient (Wildman–Crippen LogP) is 1.30. The Labute approximate surface area is 61.5 Å². The average Bonchev–Trinajstić information content (AvgIpc) is 1.98. The largest absolute Gasteiger partial charge is 0.273 e. The molecule has 0 heterocycles. The van der Waals surface area contributed by atoms with Gasteiger partial charge in [-0.2, -0.15) is 5.10 Å². The van der Waals surface area contributed by atoms with Crippen LogP contribution in [0.15, 0.2) is 5.10 Å². The molecular formula is C7H14N2O. The number of rotatable bonds is 4. The lowest BCUT2D eigenvalue weighted by Crippen LogP contribution is -2.15. The highest BCUT2D eigenvalue weighted by atomic mass is 16.2. The maximum atomic E-state index is 10.6. The van der Waals surface area contributed by atoms with E-state index < -0.39 is 0 Å². The molecule has 58 valence electrons. The van der Waals surface area contributed by atoms with E-state index in [2.05, 4.69) is 17.5 Å². The van der Waals surface area contributed by atoms with Gasteiger partial charge in [0, 0.05) is 12.6 Å². The second-order valence-electron chi connectivity index (χ2n) is 1.99. The molecule has 0 rings (SSSR count). The van der Waals surface area contributed by atoms with Gasteiger partial charge in [0.1, 0.15) is 0 Å². The summed E-state index contributed by atoms with van der Waals surface area (Å²) in [6, 6.07) is 0. The van der Waals surface area contributed by atoms with Gasteiger partial charge in [-0.1, -0.05) is 20.3 Å². The number of amides is 1. The smallest absolute Gasteiger partial charge is 0.239 e. The number of nitrogens with zero attached hydrogens (tertiary/aromatic N) is 1. The number of carbonyl (C=O) groups excluding carboxylic acids is 1. The minimum atomic E-state index is -0.0349. The van der Waals surface area contributed by atoms with Gasteiger partial charge < -0.3 is 0 Å². The first-order valence-corrected chi connectivity index (χ1v) is 3.61.